The number of rotatable bonds is 7. The van der Waals surface area contributed by atoms with Crippen LogP contribution in [0.2, 0.25) is 0 Å². The standard InChI is InChI=1S/C22H27N3O4S/c1-17(26)20-8-4-5-9-21(20)24-22(27)16-23-18-10-12-19(13-11-18)30(28,29)25-14-6-2-3-7-15-25/h4-5,8-13,23H,2-3,6-7,14-16H2,1H3,(H,24,27). The monoisotopic (exact) mass is 429 g/mol. The fourth-order valence-electron chi connectivity index (χ4n) is 3.45. The first-order chi connectivity index (χ1) is 14.4. The number of hydrogen-bond acceptors (Lipinski definition) is 5. The minimum absolute atomic E-state index is 0.00946. The third kappa shape index (κ3) is 5.46. The van der Waals surface area contributed by atoms with Gasteiger partial charge in [-0.25, -0.2) is 8.42 Å². The van der Waals surface area contributed by atoms with Crippen LogP contribution in [-0.4, -0.2) is 44.0 Å². The van der Waals surface area contributed by atoms with Crippen LogP contribution in [0.1, 0.15) is 43.0 Å². The predicted octanol–water partition coefficient (Wildman–Crippen LogP) is 3.50. The van der Waals surface area contributed by atoms with Crippen LogP contribution in [0.15, 0.2) is 53.4 Å². The molecule has 7 nitrogen and oxygen atoms in total. The number of nitrogens with one attached hydrogen (secondary N) is 2. The van der Waals surface area contributed by atoms with Crippen LogP contribution in [0.3, 0.4) is 0 Å². The van der Waals surface area contributed by atoms with Gasteiger partial charge in [0.05, 0.1) is 17.1 Å². The van der Waals surface area contributed by atoms with E-state index in [0.29, 0.717) is 30.0 Å². The first-order valence-electron chi connectivity index (χ1n) is 10.1. The van der Waals surface area contributed by atoms with Gasteiger partial charge in [-0.2, -0.15) is 4.31 Å². The van der Waals surface area contributed by atoms with Crippen molar-refractivity contribution in [2.75, 3.05) is 30.3 Å². The largest absolute Gasteiger partial charge is 0.376 e. The molecular weight excluding hydrogens is 402 g/mol. The number of benzene rings is 2. The second-order valence-electron chi connectivity index (χ2n) is 7.35. The average molecular weight is 430 g/mol. The van der Waals surface area contributed by atoms with Crippen LogP contribution < -0.4 is 10.6 Å². The number of para-hydroxylation sites is 1. The van der Waals surface area contributed by atoms with E-state index < -0.39 is 10.0 Å². The highest BCUT2D eigenvalue weighted by atomic mass is 32.2. The summed E-state index contributed by atoms with van der Waals surface area (Å²) in [7, 11) is -3.49. The molecule has 0 aliphatic carbocycles. The smallest absolute Gasteiger partial charge is 0.243 e. The zero-order valence-electron chi connectivity index (χ0n) is 17.1. The molecule has 0 bridgehead atoms. The van der Waals surface area contributed by atoms with Crippen molar-refractivity contribution in [2.45, 2.75) is 37.5 Å². The molecule has 30 heavy (non-hydrogen) atoms. The Morgan fingerprint density at radius 1 is 0.933 bits per heavy atom. The van der Waals surface area contributed by atoms with E-state index in [1.165, 1.54) is 6.92 Å². The lowest BCUT2D eigenvalue weighted by atomic mass is 10.1. The summed E-state index contributed by atoms with van der Waals surface area (Å²) < 4.78 is 27.2. The molecule has 0 spiro atoms. The number of anilines is 2. The van der Waals surface area contributed by atoms with Gasteiger partial charge in [-0.15, -0.1) is 0 Å². The molecule has 0 aromatic heterocycles. The van der Waals surface area contributed by atoms with E-state index >= 15 is 0 Å². The van der Waals surface area contributed by atoms with Crippen LogP contribution in [0.25, 0.3) is 0 Å². The minimum atomic E-state index is -3.49. The number of hydrogen-bond donors (Lipinski definition) is 2. The summed E-state index contributed by atoms with van der Waals surface area (Å²) in [6.07, 6.45) is 3.91. The topological polar surface area (TPSA) is 95.6 Å². The zero-order valence-corrected chi connectivity index (χ0v) is 17.9. The fraction of sp³-hybridized carbons (Fsp3) is 0.364. The number of nitrogens with zero attached hydrogens (tertiary/aromatic N) is 1. The number of Topliss-reactive ketones (excluding diaryl/α,β-unsaturated/α-hetero) is 1. The van der Waals surface area contributed by atoms with Crippen molar-refractivity contribution >= 4 is 33.1 Å². The summed E-state index contributed by atoms with van der Waals surface area (Å²) in [4.78, 5) is 24.2. The van der Waals surface area contributed by atoms with Gasteiger partial charge in [-0.3, -0.25) is 9.59 Å². The molecule has 1 amide bonds. The quantitative estimate of drug-likeness (QED) is 0.657. The highest BCUT2D eigenvalue weighted by Crippen LogP contribution is 2.22. The van der Waals surface area contributed by atoms with Gasteiger partial charge in [0.25, 0.3) is 0 Å². The van der Waals surface area contributed by atoms with Crippen molar-refractivity contribution in [2.24, 2.45) is 0 Å². The molecular formula is C22H27N3O4S. The molecule has 1 fully saturated rings. The molecule has 2 aromatic carbocycles. The molecule has 0 saturated carbocycles. The number of carbonyl (C=O) groups excluding carboxylic acids is 2. The molecule has 0 unspecified atom stereocenters. The van der Waals surface area contributed by atoms with Gasteiger partial charge < -0.3 is 10.6 Å². The van der Waals surface area contributed by atoms with Crippen molar-refractivity contribution in [3.05, 3.63) is 54.1 Å². The van der Waals surface area contributed by atoms with Crippen molar-refractivity contribution < 1.29 is 18.0 Å². The second kappa shape index (κ2) is 9.86. The van der Waals surface area contributed by atoms with E-state index in [0.717, 1.165) is 25.7 Å². The fourth-order valence-corrected chi connectivity index (χ4v) is 4.97. The normalized spacial score (nSPS) is 15.2. The summed E-state index contributed by atoms with van der Waals surface area (Å²) in [6.45, 7) is 2.56. The Morgan fingerprint density at radius 2 is 1.57 bits per heavy atom. The molecule has 0 radical (unpaired) electrons. The molecule has 2 N–H and O–H groups in total. The van der Waals surface area contributed by atoms with E-state index in [4.69, 9.17) is 0 Å². The first kappa shape index (κ1) is 22.0. The molecule has 1 aliphatic rings. The zero-order chi connectivity index (χ0) is 21.6. The molecule has 1 saturated heterocycles. The SMILES string of the molecule is CC(=O)c1ccccc1NC(=O)CNc1ccc(S(=O)(=O)N2CCCCCC2)cc1. The Hall–Kier alpha value is -2.71. The highest BCUT2D eigenvalue weighted by molar-refractivity contribution is 7.89. The number of amides is 1. The highest BCUT2D eigenvalue weighted by Gasteiger charge is 2.24. The third-order valence-corrected chi connectivity index (χ3v) is 7.00. The number of ketones is 1. The minimum Gasteiger partial charge on any atom is -0.376 e. The van der Waals surface area contributed by atoms with Gasteiger partial charge in [-0.05, 0) is 56.2 Å². The average Bonchev–Trinajstić information content (AvgIpc) is 3.03. The number of carbonyl (C=O) groups is 2. The van der Waals surface area contributed by atoms with Crippen molar-refractivity contribution in [3.8, 4) is 0 Å². The Bertz CT molecular complexity index is 995. The van der Waals surface area contributed by atoms with Gasteiger partial charge in [0.15, 0.2) is 5.78 Å². The van der Waals surface area contributed by atoms with Gasteiger partial charge in [0.2, 0.25) is 15.9 Å². The molecule has 2 aromatic rings. The summed E-state index contributed by atoms with van der Waals surface area (Å²) in [5.74, 6) is -0.426. The van der Waals surface area contributed by atoms with Crippen LogP contribution in [-0.2, 0) is 14.8 Å². The maximum absolute atomic E-state index is 12.8. The van der Waals surface area contributed by atoms with Gasteiger partial charge >= 0.3 is 0 Å². The van der Waals surface area contributed by atoms with E-state index in [-0.39, 0.29) is 23.1 Å². The Kier molecular flexibility index (Phi) is 7.23. The molecule has 160 valence electrons. The van der Waals surface area contributed by atoms with E-state index in [1.54, 1.807) is 52.8 Å². The lowest BCUT2D eigenvalue weighted by molar-refractivity contribution is -0.114. The molecule has 8 heteroatoms. The van der Waals surface area contributed by atoms with E-state index in [9.17, 15) is 18.0 Å². The second-order valence-corrected chi connectivity index (χ2v) is 9.28. The van der Waals surface area contributed by atoms with E-state index in [1.807, 2.05) is 0 Å². The van der Waals surface area contributed by atoms with Crippen molar-refractivity contribution in [1.82, 2.24) is 4.31 Å². The summed E-state index contributed by atoms with van der Waals surface area (Å²) in [6, 6.07) is 13.3. The maximum Gasteiger partial charge on any atom is 0.243 e. The number of sulfonamides is 1. The first-order valence-corrected chi connectivity index (χ1v) is 11.6. The molecule has 1 aliphatic heterocycles. The van der Waals surface area contributed by atoms with Gasteiger partial charge in [0, 0.05) is 24.3 Å². The van der Waals surface area contributed by atoms with Crippen LogP contribution >= 0.6 is 0 Å². The lowest BCUT2D eigenvalue weighted by Gasteiger charge is -2.20. The summed E-state index contributed by atoms with van der Waals surface area (Å²) in [5.41, 5.74) is 1.56. The van der Waals surface area contributed by atoms with Crippen LogP contribution in [0.5, 0.6) is 0 Å². The summed E-state index contributed by atoms with van der Waals surface area (Å²) >= 11 is 0. The molecule has 3 rings (SSSR count). The van der Waals surface area contributed by atoms with Crippen LogP contribution in [0, 0.1) is 0 Å². The lowest BCUT2D eigenvalue weighted by Crippen LogP contribution is -2.31. The Labute approximate surface area is 177 Å². The van der Waals surface area contributed by atoms with Gasteiger partial charge in [-0.1, -0.05) is 25.0 Å². The predicted molar refractivity (Wildman–Crippen MR) is 117 cm³/mol. The van der Waals surface area contributed by atoms with Crippen molar-refractivity contribution in [1.29, 1.82) is 0 Å². The maximum atomic E-state index is 12.8. The van der Waals surface area contributed by atoms with Crippen LogP contribution in [0.4, 0.5) is 11.4 Å². The summed E-state index contributed by atoms with van der Waals surface area (Å²) in [5, 5.41) is 5.70. The van der Waals surface area contributed by atoms with E-state index in [2.05, 4.69) is 10.6 Å². The molecule has 0 atom stereocenters. The third-order valence-electron chi connectivity index (χ3n) is 5.09. The Balaban J connectivity index is 1.59. The van der Waals surface area contributed by atoms with Gasteiger partial charge in [0.1, 0.15) is 0 Å². The molecule has 1 heterocycles. The Morgan fingerprint density at radius 3 is 2.20 bits per heavy atom. The van der Waals surface area contributed by atoms with Crippen molar-refractivity contribution in [3.63, 3.8) is 0 Å².